The van der Waals surface area contributed by atoms with Gasteiger partial charge in [0.1, 0.15) is 0 Å². The van der Waals surface area contributed by atoms with E-state index in [4.69, 9.17) is 17.2 Å². The summed E-state index contributed by atoms with van der Waals surface area (Å²) in [7, 11) is 0. The average Bonchev–Trinajstić information content (AvgIpc) is 1.95. The number of rotatable bonds is 4. The first-order valence-electron chi connectivity index (χ1n) is 4.65. The summed E-state index contributed by atoms with van der Waals surface area (Å²) in [5, 5.41) is 0. The molecule has 0 radical (unpaired) electrons. The molecule has 0 aromatic heterocycles. The zero-order chi connectivity index (χ0) is 10.5. The molecule has 78 valence electrons. The van der Waals surface area contributed by atoms with Crippen LogP contribution in [0.1, 0.15) is 33.6 Å². The van der Waals surface area contributed by atoms with Gasteiger partial charge >= 0.3 is 0 Å². The molecule has 0 saturated carbocycles. The fraction of sp³-hybridized carbons (Fsp3) is 0.889. The maximum Gasteiger partial charge on any atom is 0.185 e. The summed E-state index contributed by atoms with van der Waals surface area (Å²) in [6, 6.07) is 0.210. The molecule has 4 heteroatoms. The van der Waals surface area contributed by atoms with Gasteiger partial charge < -0.3 is 17.2 Å². The molecule has 0 fully saturated rings. The summed E-state index contributed by atoms with van der Waals surface area (Å²) < 4.78 is 0. The lowest BCUT2D eigenvalue weighted by Gasteiger charge is -2.26. The Balaban J connectivity index is 3.60. The second-order valence-electron chi connectivity index (χ2n) is 4.42. The number of hydrogen-bond acceptors (Lipinski definition) is 2. The molecular weight excluding hydrogens is 164 g/mol. The van der Waals surface area contributed by atoms with E-state index in [9.17, 15) is 0 Å². The quantitative estimate of drug-likeness (QED) is 0.337. The first kappa shape index (κ1) is 12.2. The van der Waals surface area contributed by atoms with Gasteiger partial charge in [-0.25, -0.2) is 0 Å². The minimum absolute atomic E-state index is 0.157. The lowest BCUT2D eigenvalue weighted by Crippen LogP contribution is -2.35. The van der Waals surface area contributed by atoms with Crippen molar-refractivity contribution in [2.75, 3.05) is 6.54 Å². The lowest BCUT2D eigenvalue weighted by atomic mass is 9.85. The molecule has 0 aliphatic carbocycles. The highest BCUT2D eigenvalue weighted by Gasteiger charge is 2.19. The lowest BCUT2D eigenvalue weighted by molar-refractivity contribution is 0.302. The van der Waals surface area contributed by atoms with Crippen molar-refractivity contribution < 1.29 is 0 Å². The van der Waals surface area contributed by atoms with Crippen molar-refractivity contribution in [2.24, 2.45) is 27.6 Å². The van der Waals surface area contributed by atoms with Crippen molar-refractivity contribution in [3.05, 3.63) is 0 Å². The van der Waals surface area contributed by atoms with Crippen LogP contribution in [0, 0.1) is 5.41 Å². The van der Waals surface area contributed by atoms with Crippen LogP contribution in [-0.4, -0.2) is 18.5 Å². The van der Waals surface area contributed by atoms with E-state index in [0.29, 0.717) is 6.54 Å². The molecule has 0 aliphatic rings. The van der Waals surface area contributed by atoms with Gasteiger partial charge in [0.25, 0.3) is 0 Å². The molecule has 13 heavy (non-hydrogen) atoms. The maximum absolute atomic E-state index is 5.96. The van der Waals surface area contributed by atoms with Crippen LogP contribution in [0.5, 0.6) is 0 Å². The van der Waals surface area contributed by atoms with Gasteiger partial charge in [-0.15, -0.1) is 0 Å². The van der Waals surface area contributed by atoms with Crippen molar-refractivity contribution in [2.45, 2.75) is 39.7 Å². The van der Waals surface area contributed by atoms with Crippen LogP contribution in [-0.2, 0) is 0 Å². The summed E-state index contributed by atoms with van der Waals surface area (Å²) in [6.07, 6.45) is 1.90. The zero-order valence-corrected chi connectivity index (χ0v) is 8.88. The van der Waals surface area contributed by atoms with Crippen LogP contribution in [0.3, 0.4) is 0 Å². The fourth-order valence-corrected chi connectivity index (χ4v) is 0.952. The number of guanidine groups is 1. The summed E-state index contributed by atoms with van der Waals surface area (Å²) in [4.78, 5) is 3.90. The van der Waals surface area contributed by atoms with Crippen molar-refractivity contribution >= 4 is 5.96 Å². The third-order valence-electron chi connectivity index (χ3n) is 2.08. The Morgan fingerprint density at radius 2 is 1.85 bits per heavy atom. The minimum atomic E-state index is 0.157. The smallest absolute Gasteiger partial charge is 0.185 e. The van der Waals surface area contributed by atoms with Gasteiger partial charge in [0.15, 0.2) is 5.96 Å². The molecule has 0 spiro atoms. The highest BCUT2D eigenvalue weighted by molar-refractivity contribution is 5.75. The third-order valence-corrected chi connectivity index (χ3v) is 2.08. The standard InChI is InChI=1S/C9H22N4/c1-9(2,3)7(10)5-4-6-13-8(11)12/h7H,4-6,10H2,1-3H3,(H4,11,12,13). The number of hydrogen-bond donors (Lipinski definition) is 3. The van der Waals surface area contributed by atoms with E-state index >= 15 is 0 Å². The predicted octanol–water partition coefficient (Wildman–Crippen LogP) is 0.413. The van der Waals surface area contributed by atoms with Gasteiger partial charge in [-0.1, -0.05) is 20.8 Å². The van der Waals surface area contributed by atoms with E-state index in [1.54, 1.807) is 0 Å². The summed E-state index contributed by atoms with van der Waals surface area (Å²) >= 11 is 0. The first-order chi connectivity index (χ1) is 5.84. The van der Waals surface area contributed by atoms with E-state index in [2.05, 4.69) is 25.8 Å². The van der Waals surface area contributed by atoms with Crippen molar-refractivity contribution in [3.8, 4) is 0 Å². The van der Waals surface area contributed by atoms with Crippen LogP contribution in [0.15, 0.2) is 4.99 Å². The normalized spacial score (nSPS) is 13.8. The average molecular weight is 186 g/mol. The summed E-state index contributed by atoms with van der Waals surface area (Å²) in [5.41, 5.74) is 16.5. The van der Waals surface area contributed by atoms with E-state index in [0.717, 1.165) is 12.8 Å². The number of nitrogens with zero attached hydrogens (tertiary/aromatic N) is 1. The molecule has 0 bridgehead atoms. The van der Waals surface area contributed by atoms with Crippen LogP contribution < -0.4 is 17.2 Å². The molecular formula is C9H22N4. The molecule has 0 rings (SSSR count). The minimum Gasteiger partial charge on any atom is -0.370 e. The highest BCUT2D eigenvalue weighted by atomic mass is 15.0. The third kappa shape index (κ3) is 6.40. The van der Waals surface area contributed by atoms with Crippen LogP contribution in [0.4, 0.5) is 0 Å². The van der Waals surface area contributed by atoms with Crippen LogP contribution in [0.25, 0.3) is 0 Å². The molecule has 0 heterocycles. The van der Waals surface area contributed by atoms with Crippen molar-refractivity contribution in [1.29, 1.82) is 0 Å². The number of aliphatic imine (C=N–C) groups is 1. The van der Waals surface area contributed by atoms with Gasteiger partial charge in [0.2, 0.25) is 0 Å². The summed E-state index contributed by atoms with van der Waals surface area (Å²) in [6.45, 7) is 7.08. The second-order valence-corrected chi connectivity index (χ2v) is 4.42. The molecule has 1 unspecified atom stereocenters. The Kier molecular flexibility index (Phi) is 4.77. The van der Waals surface area contributed by atoms with Gasteiger partial charge in [-0.2, -0.15) is 0 Å². The van der Waals surface area contributed by atoms with Gasteiger partial charge in [0.05, 0.1) is 0 Å². The monoisotopic (exact) mass is 186 g/mol. The van der Waals surface area contributed by atoms with Gasteiger partial charge in [-0.3, -0.25) is 4.99 Å². The topological polar surface area (TPSA) is 90.4 Å². The van der Waals surface area contributed by atoms with E-state index in [1.165, 1.54) is 0 Å². The Bertz CT molecular complexity index is 165. The Labute approximate surface area is 80.6 Å². The summed E-state index contributed by atoms with van der Waals surface area (Å²) in [5.74, 6) is 0.157. The highest BCUT2D eigenvalue weighted by Crippen LogP contribution is 2.20. The molecule has 0 aliphatic heterocycles. The Morgan fingerprint density at radius 1 is 1.31 bits per heavy atom. The van der Waals surface area contributed by atoms with Gasteiger partial charge in [0, 0.05) is 12.6 Å². The molecule has 0 saturated heterocycles. The predicted molar refractivity (Wildman–Crippen MR) is 57.3 cm³/mol. The molecule has 1 atom stereocenters. The molecule has 4 nitrogen and oxygen atoms in total. The second kappa shape index (κ2) is 5.07. The molecule has 0 amide bonds. The van der Waals surface area contributed by atoms with Crippen molar-refractivity contribution in [1.82, 2.24) is 0 Å². The fourth-order valence-electron chi connectivity index (χ4n) is 0.952. The Morgan fingerprint density at radius 3 is 2.23 bits per heavy atom. The van der Waals surface area contributed by atoms with Crippen LogP contribution in [0.2, 0.25) is 0 Å². The zero-order valence-electron chi connectivity index (χ0n) is 8.88. The largest absolute Gasteiger partial charge is 0.370 e. The van der Waals surface area contributed by atoms with E-state index in [1.807, 2.05) is 0 Å². The molecule has 0 aromatic rings. The first-order valence-corrected chi connectivity index (χ1v) is 4.65. The van der Waals surface area contributed by atoms with Crippen LogP contribution >= 0.6 is 0 Å². The van der Waals surface area contributed by atoms with E-state index < -0.39 is 0 Å². The molecule has 0 aromatic carbocycles. The molecule has 6 N–H and O–H groups in total. The SMILES string of the molecule is CC(C)(C)C(N)CCCN=C(N)N. The number of nitrogens with two attached hydrogens (primary N) is 3. The maximum atomic E-state index is 5.96. The van der Waals surface area contributed by atoms with E-state index in [-0.39, 0.29) is 17.4 Å². The van der Waals surface area contributed by atoms with Crippen molar-refractivity contribution in [3.63, 3.8) is 0 Å². The van der Waals surface area contributed by atoms with Gasteiger partial charge in [-0.05, 0) is 18.3 Å². The Hall–Kier alpha value is -0.770.